The van der Waals surface area contributed by atoms with Gasteiger partial charge in [-0.2, -0.15) is 0 Å². The monoisotopic (exact) mass is 267 g/mol. The van der Waals surface area contributed by atoms with Crippen molar-refractivity contribution in [2.75, 3.05) is 13.2 Å². The highest BCUT2D eigenvalue weighted by Crippen LogP contribution is 2.42. The lowest BCUT2D eigenvalue weighted by Gasteiger charge is -2.27. The zero-order valence-corrected chi connectivity index (χ0v) is 10.8. The Hall–Kier alpha value is -1.20. The van der Waals surface area contributed by atoms with Crippen molar-refractivity contribution in [3.05, 3.63) is 24.1 Å². The van der Waals surface area contributed by atoms with Gasteiger partial charge < -0.3 is 14.2 Å². The molecule has 19 heavy (non-hydrogen) atoms. The fraction of sp³-hybridized carbons (Fsp3) is 0.643. The maximum atomic E-state index is 13.4. The molecule has 104 valence electrons. The van der Waals surface area contributed by atoms with Gasteiger partial charge in [-0.15, -0.1) is 0 Å². The lowest BCUT2D eigenvalue weighted by atomic mass is 10.2. The Morgan fingerprint density at radius 2 is 2.32 bits per heavy atom. The minimum absolute atomic E-state index is 0.0435. The van der Waals surface area contributed by atoms with E-state index in [2.05, 4.69) is 4.98 Å². The van der Waals surface area contributed by atoms with Crippen LogP contribution < -0.4 is 4.74 Å². The smallest absolute Gasteiger partial charge is 0.250 e. The molecule has 4 nitrogen and oxygen atoms in total. The van der Waals surface area contributed by atoms with Crippen LogP contribution in [-0.4, -0.2) is 30.1 Å². The summed E-state index contributed by atoms with van der Waals surface area (Å²) in [6, 6.07) is 2.88. The van der Waals surface area contributed by atoms with Crippen LogP contribution in [0.5, 0.6) is 5.88 Å². The molecule has 1 unspecified atom stereocenters. The summed E-state index contributed by atoms with van der Waals surface area (Å²) < 4.78 is 30.3. The van der Waals surface area contributed by atoms with Gasteiger partial charge in [0.25, 0.3) is 0 Å². The minimum atomic E-state index is -0.438. The second kappa shape index (κ2) is 5.43. The minimum Gasteiger partial charge on any atom is -0.473 e. The third kappa shape index (κ3) is 3.22. The molecule has 1 saturated carbocycles. The van der Waals surface area contributed by atoms with Crippen molar-refractivity contribution in [1.82, 2.24) is 4.98 Å². The van der Waals surface area contributed by atoms with Gasteiger partial charge in [0.1, 0.15) is 12.2 Å². The van der Waals surface area contributed by atoms with Crippen LogP contribution in [0.1, 0.15) is 32.1 Å². The van der Waals surface area contributed by atoms with E-state index in [0.717, 1.165) is 38.7 Å². The molecule has 2 heterocycles. The van der Waals surface area contributed by atoms with Crippen LogP contribution in [0, 0.1) is 5.82 Å². The second-order valence-electron chi connectivity index (χ2n) is 5.18. The summed E-state index contributed by atoms with van der Waals surface area (Å²) in [6.07, 6.45) is 6.41. The summed E-state index contributed by atoms with van der Waals surface area (Å²) in [4.78, 5) is 3.87. The topological polar surface area (TPSA) is 40.6 Å². The first-order chi connectivity index (χ1) is 9.27. The van der Waals surface area contributed by atoms with Gasteiger partial charge >= 0.3 is 0 Å². The van der Waals surface area contributed by atoms with Crippen LogP contribution in [0.25, 0.3) is 0 Å². The molecule has 1 aliphatic heterocycles. The van der Waals surface area contributed by atoms with E-state index < -0.39 is 5.82 Å². The zero-order valence-electron chi connectivity index (χ0n) is 10.8. The number of pyridine rings is 1. The number of hydrogen-bond acceptors (Lipinski definition) is 4. The van der Waals surface area contributed by atoms with Crippen LogP contribution in [0.4, 0.5) is 4.39 Å². The molecule has 1 saturated heterocycles. The van der Waals surface area contributed by atoms with Crippen LogP contribution >= 0.6 is 0 Å². The summed E-state index contributed by atoms with van der Waals surface area (Å²) >= 11 is 0. The third-order valence-electron chi connectivity index (χ3n) is 3.52. The highest BCUT2D eigenvalue weighted by Gasteiger charge is 2.47. The summed E-state index contributed by atoms with van der Waals surface area (Å²) in [5, 5.41) is 0. The first-order valence-electron chi connectivity index (χ1n) is 6.80. The van der Waals surface area contributed by atoms with E-state index in [1.54, 1.807) is 6.07 Å². The molecule has 0 aromatic carbocycles. The van der Waals surface area contributed by atoms with Gasteiger partial charge in [-0.3, -0.25) is 0 Å². The van der Waals surface area contributed by atoms with E-state index in [-0.39, 0.29) is 17.8 Å². The predicted octanol–water partition coefficient (Wildman–Crippen LogP) is 2.68. The number of aromatic nitrogens is 1. The summed E-state index contributed by atoms with van der Waals surface area (Å²) in [5.41, 5.74) is -0.300. The Labute approximate surface area is 111 Å². The quantitative estimate of drug-likeness (QED) is 0.822. The molecule has 0 radical (unpaired) electrons. The molecule has 0 spiro atoms. The zero-order chi connectivity index (χ0) is 13.1. The third-order valence-corrected chi connectivity index (χ3v) is 3.52. The van der Waals surface area contributed by atoms with Gasteiger partial charge in [-0.05, 0) is 44.2 Å². The first-order valence-corrected chi connectivity index (χ1v) is 6.80. The standard InChI is InChI=1S/C14H18FNO3/c15-11-4-3-8-16-13(11)18-10-14(6-7-14)19-12-5-1-2-9-17-12/h3-4,8,12H,1-2,5-7,9-10H2. The van der Waals surface area contributed by atoms with Crippen LogP contribution in [0.15, 0.2) is 18.3 Å². The largest absolute Gasteiger partial charge is 0.473 e. The van der Waals surface area contributed by atoms with Gasteiger partial charge in [-0.1, -0.05) is 0 Å². The summed E-state index contributed by atoms with van der Waals surface area (Å²) in [6.45, 7) is 1.09. The molecule has 2 fully saturated rings. The highest BCUT2D eigenvalue weighted by atomic mass is 19.1. The molecule has 3 rings (SSSR count). The number of rotatable bonds is 5. The lowest BCUT2D eigenvalue weighted by molar-refractivity contribution is -0.202. The fourth-order valence-corrected chi connectivity index (χ4v) is 2.20. The van der Waals surface area contributed by atoms with E-state index in [9.17, 15) is 4.39 Å². The van der Waals surface area contributed by atoms with Gasteiger partial charge in [0.15, 0.2) is 12.1 Å². The maximum Gasteiger partial charge on any atom is 0.250 e. The molecule has 1 aromatic heterocycles. The molecular weight excluding hydrogens is 249 g/mol. The average Bonchev–Trinajstić information content (AvgIpc) is 3.19. The Morgan fingerprint density at radius 1 is 1.42 bits per heavy atom. The molecule has 0 N–H and O–H groups in total. The van der Waals surface area contributed by atoms with Crippen molar-refractivity contribution >= 4 is 0 Å². The molecule has 1 aromatic rings. The van der Waals surface area contributed by atoms with Crippen LogP contribution in [0.2, 0.25) is 0 Å². The fourth-order valence-electron chi connectivity index (χ4n) is 2.20. The molecule has 1 aliphatic carbocycles. The maximum absolute atomic E-state index is 13.4. The predicted molar refractivity (Wildman–Crippen MR) is 66.3 cm³/mol. The first kappa shape index (κ1) is 12.8. The SMILES string of the molecule is Fc1cccnc1OCC1(OC2CCCCO2)CC1. The number of nitrogens with zero attached hydrogens (tertiary/aromatic N) is 1. The number of halogens is 1. The summed E-state index contributed by atoms with van der Waals surface area (Å²) in [5.74, 6) is -0.394. The Bertz CT molecular complexity index is 430. The summed E-state index contributed by atoms with van der Waals surface area (Å²) in [7, 11) is 0. The van der Waals surface area contributed by atoms with Gasteiger partial charge in [0.2, 0.25) is 5.88 Å². The van der Waals surface area contributed by atoms with Crippen molar-refractivity contribution in [1.29, 1.82) is 0 Å². The number of hydrogen-bond donors (Lipinski definition) is 0. The lowest BCUT2D eigenvalue weighted by Crippen LogP contribution is -2.33. The molecule has 0 amide bonds. The molecule has 0 bridgehead atoms. The van der Waals surface area contributed by atoms with Crippen molar-refractivity contribution in [2.24, 2.45) is 0 Å². The second-order valence-corrected chi connectivity index (χ2v) is 5.18. The van der Waals surface area contributed by atoms with Gasteiger partial charge in [0.05, 0.1) is 0 Å². The van der Waals surface area contributed by atoms with Crippen molar-refractivity contribution in [2.45, 2.75) is 44.0 Å². The normalized spacial score (nSPS) is 25.0. The molecular formula is C14H18FNO3. The van der Waals surface area contributed by atoms with E-state index in [0.29, 0.717) is 6.61 Å². The van der Waals surface area contributed by atoms with Crippen molar-refractivity contribution in [3.8, 4) is 5.88 Å². The van der Waals surface area contributed by atoms with Crippen molar-refractivity contribution < 1.29 is 18.6 Å². The van der Waals surface area contributed by atoms with Gasteiger partial charge in [-0.25, -0.2) is 9.37 Å². The van der Waals surface area contributed by atoms with Gasteiger partial charge in [0, 0.05) is 12.8 Å². The number of ether oxygens (including phenoxy) is 3. The van der Waals surface area contributed by atoms with E-state index in [4.69, 9.17) is 14.2 Å². The Balaban J connectivity index is 1.53. The molecule has 5 heteroatoms. The van der Waals surface area contributed by atoms with Crippen LogP contribution in [0.3, 0.4) is 0 Å². The van der Waals surface area contributed by atoms with E-state index >= 15 is 0 Å². The van der Waals surface area contributed by atoms with E-state index in [1.165, 1.54) is 12.3 Å². The van der Waals surface area contributed by atoms with Crippen LogP contribution in [-0.2, 0) is 9.47 Å². The van der Waals surface area contributed by atoms with E-state index in [1.807, 2.05) is 0 Å². The van der Waals surface area contributed by atoms with Crippen molar-refractivity contribution in [3.63, 3.8) is 0 Å². The molecule has 2 aliphatic rings. The Kier molecular flexibility index (Phi) is 3.66. The Morgan fingerprint density at radius 3 is 3.00 bits per heavy atom. The highest BCUT2D eigenvalue weighted by molar-refractivity contribution is 5.13. The average molecular weight is 267 g/mol. The molecule has 1 atom stereocenters.